The molecule has 8 nitrogen and oxygen atoms in total. The SMILES string of the molecule is Cc1nc(CSc2nnc(-c3cccs3)n2CCC(N)=O)no1. The van der Waals surface area contributed by atoms with Crippen LogP contribution in [0.4, 0.5) is 0 Å². The van der Waals surface area contributed by atoms with Gasteiger partial charge in [-0.2, -0.15) is 4.98 Å². The van der Waals surface area contributed by atoms with Gasteiger partial charge in [-0.25, -0.2) is 0 Å². The van der Waals surface area contributed by atoms with Gasteiger partial charge in [-0.15, -0.1) is 21.5 Å². The number of amides is 1. The number of carbonyl (C=O) groups is 1. The van der Waals surface area contributed by atoms with Crippen molar-refractivity contribution in [2.24, 2.45) is 5.73 Å². The van der Waals surface area contributed by atoms with Crippen molar-refractivity contribution in [1.29, 1.82) is 0 Å². The van der Waals surface area contributed by atoms with Crippen LogP contribution in [0.25, 0.3) is 10.7 Å². The number of primary amides is 1. The zero-order valence-corrected chi connectivity index (χ0v) is 13.9. The molecule has 0 aliphatic rings. The third-order valence-electron chi connectivity index (χ3n) is 2.94. The molecule has 10 heteroatoms. The van der Waals surface area contributed by atoms with Gasteiger partial charge in [-0.05, 0) is 11.4 Å². The third kappa shape index (κ3) is 3.77. The van der Waals surface area contributed by atoms with Crippen molar-refractivity contribution < 1.29 is 9.32 Å². The van der Waals surface area contributed by atoms with E-state index in [1.165, 1.54) is 11.8 Å². The lowest BCUT2D eigenvalue weighted by Crippen LogP contribution is -2.14. The van der Waals surface area contributed by atoms with Crippen molar-refractivity contribution in [3.05, 3.63) is 29.2 Å². The molecular weight excluding hydrogens is 336 g/mol. The molecule has 0 spiro atoms. The summed E-state index contributed by atoms with van der Waals surface area (Å²) >= 11 is 3.01. The highest BCUT2D eigenvalue weighted by molar-refractivity contribution is 7.98. The van der Waals surface area contributed by atoms with Crippen molar-refractivity contribution >= 4 is 29.0 Å². The molecule has 3 aromatic heterocycles. The molecule has 3 rings (SSSR count). The number of thioether (sulfide) groups is 1. The van der Waals surface area contributed by atoms with Crippen LogP contribution in [0, 0.1) is 6.92 Å². The normalized spacial score (nSPS) is 11.0. The van der Waals surface area contributed by atoms with Crippen LogP contribution in [0.2, 0.25) is 0 Å². The summed E-state index contributed by atoms with van der Waals surface area (Å²) in [4.78, 5) is 16.3. The van der Waals surface area contributed by atoms with E-state index < -0.39 is 0 Å². The topological polar surface area (TPSA) is 113 Å². The van der Waals surface area contributed by atoms with E-state index in [1.807, 2.05) is 22.1 Å². The fourth-order valence-electron chi connectivity index (χ4n) is 1.94. The Kier molecular flexibility index (Phi) is 4.72. The average molecular weight is 350 g/mol. The standard InChI is InChI=1S/C13H14N6O2S2/c1-8-15-11(18-21-8)7-23-13-17-16-12(9-3-2-6-22-9)19(13)5-4-10(14)20/h2-3,6H,4-5,7H2,1H3,(H2,14,20). The first-order valence-corrected chi connectivity index (χ1v) is 8.67. The molecule has 0 aliphatic heterocycles. The minimum atomic E-state index is -0.361. The molecule has 0 atom stereocenters. The van der Waals surface area contributed by atoms with Crippen LogP contribution in [-0.2, 0) is 17.1 Å². The van der Waals surface area contributed by atoms with Gasteiger partial charge in [0.05, 0.1) is 10.6 Å². The molecule has 0 saturated heterocycles. The van der Waals surface area contributed by atoms with Crippen molar-refractivity contribution in [2.75, 3.05) is 0 Å². The van der Waals surface area contributed by atoms with Crippen LogP contribution in [0.5, 0.6) is 0 Å². The summed E-state index contributed by atoms with van der Waals surface area (Å²) in [6, 6.07) is 3.91. The van der Waals surface area contributed by atoms with E-state index >= 15 is 0 Å². The van der Waals surface area contributed by atoms with Gasteiger partial charge in [0, 0.05) is 19.9 Å². The summed E-state index contributed by atoms with van der Waals surface area (Å²) in [5.74, 6) is 1.99. The Morgan fingerprint density at radius 3 is 3.00 bits per heavy atom. The number of carbonyl (C=O) groups excluding carboxylic acids is 1. The molecule has 23 heavy (non-hydrogen) atoms. The van der Waals surface area contributed by atoms with Crippen LogP contribution in [0.3, 0.4) is 0 Å². The monoisotopic (exact) mass is 350 g/mol. The van der Waals surface area contributed by atoms with Crippen molar-refractivity contribution in [1.82, 2.24) is 24.9 Å². The van der Waals surface area contributed by atoms with E-state index in [0.717, 1.165) is 10.7 Å². The minimum Gasteiger partial charge on any atom is -0.370 e. The Morgan fingerprint density at radius 2 is 2.35 bits per heavy atom. The number of nitrogens with zero attached hydrogens (tertiary/aromatic N) is 5. The third-order valence-corrected chi connectivity index (χ3v) is 4.77. The van der Waals surface area contributed by atoms with E-state index in [1.54, 1.807) is 18.3 Å². The summed E-state index contributed by atoms with van der Waals surface area (Å²) in [6.45, 7) is 2.18. The number of nitrogens with two attached hydrogens (primary N) is 1. The van der Waals surface area contributed by atoms with Crippen molar-refractivity contribution in [2.45, 2.75) is 30.8 Å². The minimum absolute atomic E-state index is 0.227. The Labute approximate surface area is 140 Å². The summed E-state index contributed by atoms with van der Waals surface area (Å²) < 4.78 is 6.85. The molecule has 0 fully saturated rings. The number of rotatable bonds is 7. The van der Waals surface area contributed by atoms with Crippen LogP contribution in [0.15, 0.2) is 27.2 Å². The van der Waals surface area contributed by atoms with Gasteiger partial charge in [0.1, 0.15) is 0 Å². The lowest BCUT2D eigenvalue weighted by molar-refractivity contribution is -0.118. The lowest BCUT2D eigenvalue weighted by Gasteiger charge is -2.07. The zero-order chi connectivity index (χ0) is 16.2. The van der Waals surface area contributed by atoms with E-state index in [-0.39, 0.29) is 12.3 Å². The molecule has 2 N–H and O–H groups in total. The number of aromatic nitrogens is 5. The molecule has 0 aromatic carbocycles. The van der Waals surface area contributed by atoms with Gasteiger partial charge >= 0.3 is 0 Å². The zero-order valence-electron chi connectivity index (χ0n) is 12.3. The number of thiophene rings is 1. The molecule has 120 valence electrons. The van der Waals surface area contributed by atoms with Gasteiger partial charge in [-0.1, -0.05) is 23.0 Å². The van der Waals surface area contributed by atoms with Gasteiger partial charge in [-0.3, -0.25) is 4.79 Å². The van der Waals surface area contributed by atoms with Crippen LogP contribution >= 0.6 is 23.1 Å². The second-order valence-corrected chi connectivity index (χ2v) is 6.56. The number of aryl methyl sites for hydroxylation is 1. The summed E-state index contributed by atoms with van der Waals surface area (Å²) in [5.41, 5.74) is 5.27. The molecule has 0 radical (unpaired) electrons. The largest absolute Gasteiger partial charge is 0.370 e. The van der Waals surface area contributed by atoms with Gasteiger partial charge in [0.15, 0.2) is 16.8 Å². The second kappa shape index (κ2) is 6.92. The van der Waals surface area contributed by atoms with E-state index in [4.69, 9.17) is 10.3 Å². The molecule has 3 heterocycles. The highest BCUT2D eigenvalue weighted by atomic mass is 32.2. The van der Waals surface area contributed by atoms with Crippen molar-refractivity contribution in [3.8, 4) is 10.7 Å². The molecule has 0 bridgehead atoms. The summed E-state index contributed by atoms with van der Waals surface area (Å²) in [7, 11) is 0. The maximum atomic E-state index is 11.1. The van der Waals surface area contributed by atoms with Gasteiger partial charge in [0.2, 0.25) is 11.8 Å². The van der Waals surface area contributed by atoms with E-state index in [9.17, 15) is 4.79 Å². The smallest absolute Gasteiger partial charge is 0.223 e. The summed E-state index contributed by atoms with van der Waals surface area (Å²) in [5, 5.41) is 15.0. The van der Waals surface area contributed by atoms with Gasteiger partial charge < -0.3 is 14.8 Å². The van der Waals surface area contributed by atoms with Crippen molar-refractivity contribution in [3.63, 3.8) is 0 Å². The molecule has 3 aromatic rings. The fraction of sp³-hybridized carbons (Fsp3) is 0.308. The van der Waals surface area contributed by atoms with E-state index in [0.29, 0.717) is 29.2 Å². The first-order valence-electron chi connectivity index (χ1n) is 6.81. The Bertz CT molecular complexity index is 795. The van der Waals surface area contributed by atoms with Crippen LogP contribution < -0.4 is 5.73 Å². The maximum Gasteiger partial charge on any atom is 0.223 e. The quantitative estimate of drug-likeness (QED) is 0.647. The Hall–Kier alpha value is -2.20. The molecule has 0 saturated carbocycles. The van der Waals surface area contributed by atoms with Gasteiger partial charge in [0.25, 0.3) is 0 Å². The molecular formula is C13H14N6O2S2. The highest BCUT2D eigenvalue weighted by Crippen LogP contribution is 2.28. The number of hydrogen-bond acceptors (Lipinski definition) is 8. The fourth-order valence-corrected chi connectivity index (χ4v) is 3.46. The molecule has 0 aliphatic carbocycles. The predicted molar refractivity (Wildman–Crippen MR) is 85.7 cm³/mol. The molecule has 0 unspecified atom stereocenters. The second-order valence-electron chi connectivity index (χ2n) is 4.67. The Balaban J connectivity index is 1.82. The molecule has 1 amide bonds. The van der Waals surface area contributed by atoms with E-state index in [2.05, 4.69) is 20.3 Å². The van der Waals surface area contributed by atoms with Crippen LogP contribution in [-0.4, -0.2) is 30.8 Å². The highest BCUT2D eigenvalue weighted by Gasteiger charge is 2.16. The van der Waals surface area contributed by atoms with Crippen LogP contribution in [0.1, 0.15) is 18.1 Å². The first-order chi connectivity index (χ1) is 11.1. The summed E-state index contributed by atoms with van der Waals surface area (Å²) in [6.07, 6.45) is 0.227. The lowest BCUT2D eigenvalue weighted by atomic mass is 10.4. The maximum absolute atomic E-state index is 11.1. The first kappa shape index (κ1) is 15.7. The average Bonchev–Trinajstić information content (AvgIpc) is 3.23. The predicted octanol–water partition coefficient (Wildman–Crippen LogP) is 1.87. The number of hydrogen-bond donors (Lipinski definition) is 1. The Morgan fingerprint density at radius 1 is 1.48 bits per heavy atom.